The first-order chi connectivity index (χ1) is 9.65. The molecule has 0 atom stereocenters. The summed E-state index contributed by atoms with van der Waals surface area (Å²) in [6.45, 7) is 8.19. The minimum Gasteiger partial charge on any atom is -0.325 e. The summed E-state index contributed by atoms with van der Waals surface area (Å²) < 4.78 is 24.0. The minimum atomic E-state index is -3.35. The van der Waals surface area contributed by atoms with E-state index >= 15 is 0 Å². The van der Waals surface area contributed by atoms with Crippen molar-refractivity contribution < 1.29 is 13.2 Å². The number of anilines is 1. The van der Waals surface area contributed by atoms with E-state index in [0.717, 1.165) is 0 Å². The molecule has 0 aromatic heterocycles. The number of sulfone groups is 1. The van der Waals surface area contributed by atoms with Crippen molar-refractivity contribution >= 4 is 21.4 Å². The van der Waals surface area contributed by atoms with Crippen LogP contribution in [0.1, 0.15) is 34.1 Å². The van der Waals surface area contributed by atoms with E-state index in [0.29, 0.717) is 12.2 Å². The van der Waals surface area contributed by atoms with E-state index in [4.69, 9.17) is 0 Å². The Morgan fingerprint density at radius 2 is 1.81 bits per heavy atom. The number of hydrogen-bond acceptors (Lipinski definition) is 4. The predicted octanol–water partition coefficient (Wildman–Crippen LogP) is 2.20. The average molecular weight is 312 g/mol. The first-order valence-corrected chi connectivity index (χ1v) is 8.67. The Morgan fingerprint density at radius 3 is 2.38 bits per heavy atom. The van der Waals surface area contributed by atoms with Gasteiger partial charge in [-0.1, -0.05) is 19.1 Å². The molecule has 2 N–H and O–H groups in total. The van der Waals surface area contributed by atoms with Gasteiger partial charge in [-0.15, -0.1) is 0 Å². The summed E-state index contributed by atoms with van der Waals surface area (Å²) in [6, 6.07) is 6.48. The molecule has 118 valence electrons. The first kappa shape index (κ1) is 17.7. The molecule has 0 spiro atoms. The molecule has 1 aromatic carbocycles. The molecule has 21 heavy (non-hydrogen) atoms. The second-order valence-corrected chi connectivity index (χ2v) is 8.12. The summed E-state index contributed by atoms with van der Waals surface area (Å²) >= 11 is 0. The molecular weight excluding hydrogens is 288 g/mol. The van der Waals surface area contributed by atoms with Crippen LogP contribution in [0.4, 0.5) is 5.69 Å². The summed E-state index contributed by atoms with van der Waals surface area (Å²) in [7, 11) is -3.35. The Kier molecular flexibility index (Phi) is 5.92. The number of para-hydroxylation sites is 1. The summed E-state index contributed by atoms with van der Waals surface area (Å²) in [6.07, 6.45) is 0.289. The van der Waals surface area contributed by atoms with Crippen molar-refractivity contribution in [2.24, 2.45) is 0 Å². The molecule has 0 saturated carbocycles. The van der Waals surface area contributed by atoms with E-state index in [9.17, 15) is 13.2 Å². The van der Waals surface area contributed by atoms with Gasteiger partial charge in [-0.05, 0) is 32.9 Å². The Hall–Kier alpha value is -1.40. The molecule has 0 heterocycles. The number of benzene rings is 1. The monoisotopic (exact) mass is 312 g/mol. The summed E-state index contributed by atoms with van der Waals surface area (Å²) in [5.74, 6) is -0.198. The van der Waals surface area contributed by atoms with Gasteiger partial charge in [-0.3, -0.25) is 4.79 Å². The van der Waals surface area contributed by atoms with E-state index in [1.54, 1.807) is 25.1 Å². The van der Waals surface area contributed by atoms with Crippen LogP contribution in [0.5, 0.6) is 0 Å². The van der Waals surface area contributed by atoms with Gasteiger partial charge in [0, 0.05) is 18.5 Å². The maximum Gasteiger partial charge on any atom is 0.225 e. The summed E-state index contributed by atoms with van der Waals surface area (Å²) in [5.41, 5.74) is 0.295. The first-order valence-electron chi connectivity index (χ1n) is 7.02. The smallest absolute Gasteiger partial charge is 0.225 e. The van der Waals surface area contributed by atoms with Crippen LogP contribution < -0.4 is 10.6 Å². The Bertz CT molecular complexity index is 589. The minimum absolute atomic E-state index is 0.00542. The molecule has 0 aliphatic rings. The van der Waals surface area contributed by atoms with Crippen LogP contribution >= 0.6 is 0 Å². The molecule has 1 aromatic rings. The van der Waals surface area contributed by atoms with Crippen molar-refractivity contribution in [1.29, 1.82) is 0 Å². The predicted molar refractivity (Wildman–Crippen MR) is 85.2 cm³/mol. The lowest BCUT2D eigenvalue weighted by Crippen LogP contribution is -2.37. The van der Waals surface area contributed by atoms with Crippen molar-refractivity contribution in [3.8, 4) is 0 Å². The number of rotatable bonds is 6. The Balaban J connectivity index is 2.74. The average Bonchev–Trinajstić information content (AvgIpc) is 2.37. The lowest BCUT2D eigenvalue weighted by molar-refractivity contribution is -0.116. The lowest BCUT2D eigenvalue weighted by Gasteiger charge is -2.20. The van der Waals surface area contributed by atoms with Crippen LogP contribution in [-0.2, 0) is 14.6 Å². The molecule has 0 bridgehead atoms. The maximum absolute atomic E-state index is 12.0. The molecule has 0 aliphatic heterocycles. The fourth-order valence-electron chi connectivity index (χ4n) is 1.76. The van der Waals surface area contributed by atoms with Gasteiger partial charge in [-0.25, -0.2) is 8.42 Å². The number of carbonyl (C=O) groups excluding carboxylic acids is 1. The van der Waals surface area contributed by atoms with Gasteiger partial charge >= 0.3 is 0 Å². The van der Waals surface area contributed by atoms with Gasteiger partial charge in [0.1, 0.15) is 0 Å². The highest BCUT2D eigenvalue weighted by Crippen LogP contribution is 2.22. The highest BCUT2D eigenvalue weighted by Gasteiger charge is 2.17. The van der Waals surface area contributed by atoms with Crippen LogP contribution in [0.25, 0.3) is 0 Å². The second-order valence-electron chi connectivity index (χ2n) is 5.87. The third-order valence-electron chi connectivity index (χ3n) is 2.88. The summed E-state index contributed by atoms with van der Waals surface area (Å²) in [5, 5.41) is 5.89. The molecular formula is C15H24N2O3S. The van der Waals surface area contributed by atoms with Crippen LogP contribution in [0, 0.1) is 0 Å². The van der Waals surface area contributed by atoms with Crippen LogP contribution in [0.2, 0.25) is 0 Å². The molecule has 6 heteroatoms. The third-order valence-corrected chi connectivity index (χ3v) is 4.67. The zero-order valence-electron chi connectivity index (χ0n) is 13.1. The van der Waals surface area contributed by atoms with E-state index in [-0.39, 0.29) is 28.5 Å². The lowest BCUT2D eigenvalue weighted by atomic mass is 10.1. The van der Waals surface area contributed by atoms with Crippen LogP contribution in [0.3, 0.4) is 0 Å². The number of amides is 1. The molecule has 1 rings (SSSR count). The van der Waals surface area contributed by atoms with Crippen LogP contribution in [0.15, 0.2) is 29.2 Å². The molecule has 0 fully saturated rings. The zero-order chi connectivity index (χ0) is 16.1. The molecule has 0 unspecified atom stereocenters. The fourth-order valence-corrected chi connectivity index (χ4v) is 2.81. The number of nitrogens with one attached hydrogen (secondary N) is 2. The van der Waals surface area contributed by atoms with Crippen molar-refractivity contribution in [3.63, 3.8) is 0 Å². The van der Waals surface area contributed by atoms with E-state index in [1.807, 2.05) is 20.8 Å². The van der Waals surface area contributed by atoms with E-state index < -0.39 is 9.84 Å². The van der Waals surface area contributed by atoms with Crippen molar-refractivity contribution in [2.75, 3.05) is 17.6 Å². The highest BCUT2D eigenvalue weighted by atomic mass is 32.2. The Morgan fingerprint density at radius 1 is 1.19 bits per heavy atom. The van der Waals surface area contributed by atoms with Gasteiger partial charge in [-0.2, -0.15) is 0 Å². The Labute approximate surface area is 127 Å². The fraction of sp³-hybridized carbons (Fsp3) is 0.533. The zero-order valence-corrected chi connectivity index (χ0v) is 13.9. The molecule has 5 nitrogen and oxygen atoms in total. The van der Waals surface area contributed by atoms with Gasteiger partial charge < -0.3 is 10.6 Å². The van der Waals surface area contributed by atoms with Gasteiger partial charge in [0.05, 0.1) is 16.3 Å². The van der Waals surface area contributed by atoms with Gasteiger partial charge in [0.2, 0.25) is 5.91 Å². The van der Waals surface area contributed by atoms with Crippen molar-refractivity contribution in [1.82, 2.24) is 5.32 Å². The summed E-state index contributed by atoms with van der Waals surface area (Å²) in [4.78, 5) is 12.1. The normalized spacial score (nSPS) is 12.2. The van der Waals surface area contributed by atoms with Crippen molar-refractivity contribution in [3.05, 3.63) is 24.3 Å². The number of hydrogen-bond donors (Lipinski definition) is 2. The van der Waals surface area contributed by atoms with Crippen LogP contribution in [-0.4, -0.2) is 32.2 Å². The standard InChI is InChI=1S/C15H24N2O3S/c1-5-21(19,20)13-9-7-6-8-12(13)17-14(18)10-11-16-15(2,3)4/h6-9,16H,5,10-11H2,1-4H3,(H,17,18). The molecule has 0 saturated heterocycles. The topological polar surface area (TPSA) is 75.3 Å². The molecule has 0 radical (unpaired) electrons. The quantitative estimate of drug-likeness (QED) is 0.844. The largest absolute Gasteiger partial charge is 0.325 e. The van der Waals surface area contributed by atoms with Gasteiger partial charge in [0.15, 0.2) is 9.84 Å². The number of carbonyl (C=O) groups is 1. The third kappa shape index (κ3) is 5.85. The van der Waals surface area contributed by atoms with Gasteiger partial charge in [0.25, 0.3) is 0 Å². The molecule has 0 aliphatic carbocycles. The second kappa shape index (κ2) is 7.04. The van der Waals surface area contributed by atoms with E-state index in [1.165, 1.54) is 6.07 Å². The molecule has 1 amide bonds. The van der Waals surface area contributed by atoms with Crippen molar-refractivity contribution in [2.45, 2.75) is 44.6 Å². The SMILES string of the molecule is CCS(=O)(=O)c1ccccc1NC(=O)CCNC(C)(C)C. The maximum atomic E-state index is 12.0. The highest BCUT2D eigenvalue weighted by molar-refractivity contribution is 7.91. The van der Waals surface area contributed by atoms with E-state index in [2.05, 4.69) is 10.6 Å².